The van der Waals surface area contributed by atoms with Crippen molar-refractivity contribution < 1.29 is 14.2 Å². The van der Waals surface area contributed by atoms with Crippen LogP contribution in [0.3, 0.4) is 0 Å². The first kappa shape index (κ1) is 22.0. The summed E-state index contributed by atoms with van der Waals surface area (Å²) < 4.78 is 16.2. The average Bonchev–Trinajstić information content (AvgIpc) is 3.14. The number of rotatable bonds is 8. The molecule has 0 radical (unpaired) electrons. The van der Waals surface area contributed by atoms with Gasteiger partial charge >= 0.3 is 0 Å². The Balaban J connectivity index is 0.00000261. The molecule has 1 saturated heterocycles. The number of hydrogen-bond donors (Lipinski definition) is 2. The third kappa shape index (κ3) is 7.34. The van der Waals surface area contributed by atoms with Crippen LogP contribution in [0.25, 0.3) is 0 Å². The van der Waals surface area contributed by atoms with Crippen LogP contribution in [0, 0.1) is 0 Å². The standard InChI is InChI=1S/C19H30N4O3.HI/c1-2-20-19(21-7-3-9-23-10-12-24-13-11-23)22-8-6-16-4-5-17-18(14-16)26-15-25-17;/h4-5,14H,2-3,6-13,15H2,1H3,(H2,20,21,22);1H. The quantitative estimate of drug-likeness (QED) is 0.251. The number of fused-ring (bicyclic) bond motifs is 1. The van der Waals surface area contributed by atoms with Crippen LogP contribution in [0.5, 0.6) is 11.5 Å². The molecule has 0 spiro atoms. The maximum atomic E-state index is 5.43. The number of ether oxygens (including phenoxy) is 3. The first-order valence-electron chi connectivity index (χ1n) is 9.56. The Hall–Kier alpha value is -1.26. The molecular weight excluding hydrogens is 459 g/mol. The van der Waals surface area contributed by atoms with Gasteiger partial charge in [0.25, 0.3) is 0 Å². The average molecular weight is 490 g/mol. The van der Waals surface area contributed by atoms with Crippen LogP contribution in [-0.2, 0) is 11.2 Å². The summed E-state index contributed by atoms with van der Waals surface area (Å²) in [6, 6.07) is 6.11. The van der Waals surface area contributed by atoms with E-state index in [1.165, 1.54) is 5.56 Å². The Morgan fingerprint density at radius 3 is 2.78 bits per heavy atom. The van der Waals surface area contributed by atoms with Gasteiger partial charge in [0.1, 0.15) is 0 Å². The summed E-state index contributed by atoms with van der Waals surface area (Å²) in [5.41, 5.74) is 1.23. The lowest BCUT2D eigenvalue weighted by Crippen LogP contribution is -2.39. The minimum Gasteiger partial charge on any atom is -0.454 e. The second kappa shape index (κ2) is 12.2. The first-order valence-corrected chi connectivity index (χ1v) is 9.56. The van der Waals surface area contributed by atoms with Gasteiger partial charge in [-0.1, -0.05) is 6.07 Å². The molecule has 7 nitrogen and oxygen atoms in total. The van der Waals surface area contributed by atoms with Crippen molar-refractivity contribution in [3.05, 3.63) is 23.8 Å². The van der Waals surface area contributed by atoms with Gasteiger partial charge in [0.2, 0.25) is 6.79 Å². The van der Waals surface area contributed by atoms with Gasteiger partial charge in [0.15, 0.2) is 17.5 Å². The number of halogens is 1. The lowest BCUT2D eigenvalue weighted by molar-refractivity contribution is 0.0377. The minimum atomic E-state index is 0. The number of nitrogens with one attached hydrogen (secondary N) is 2. The Morgan fingerprint density at radius 2 is 1.96 bits per heavy atom. The van der Waals surface area contributed by atoms with Crippen molar-refractivity contribution >= 4 is 29.9 Å². The fourth-order valence-electron chi connectivity index (χ4n) is 3.07. The van der Waals surface area contributed by atoms with Crippen molar-refractivity contribution in [2.45, 2.75) is 19.8 Å². The first-order chi connectivity index (χ1) is 12.8. The Morgan fingerprint density at radius 1 is 1.15 bits per heavy atom. The molecule has 152 valence electrons. The van der Waals surface area contributed by atoms with Crippen molar-refractivity contribution in [2.24, 2.45) is 4.99 Å². The van der Waals surface area contributed by atoms with Gasteiger partial charge in [-0.25, -0.2) is 0 Å². The van der Waals surface area contributed by atoms with E-state index in [-0.39, 0.29) is 24.0 Å². The van der Waals surface area contributed by atoms with E-state index in [9.17, 15) is 0 Å². The van der Waals surface area contributed by atoms with E-state index in [1.54, 1.807) is 0 Å². The van der Waals surface area contributed by atoms with Gasteiger partial charge in [-0.15, -0.1) is 24.0 Å². The molecule has 1 aromatic carbocycles. The summed E-state index contributed by atoms with van der Waals surface area (Å²) >= 11 is 0. The third-order valence-electron chi connectivity index (χ3n) is 4.49. The molecule has 0 unspecified atom stereocenters. The van der Waals surface area contributed by atoms with Gasteiger partial charge in [0.05, 0.1) is 13.2 Å². The Kier molecular flexibility index (Phi) is 10.00. The largest absolute Gasteiger partial charge is 0.454 e. The molecule has 0 aromatic heterocycles. The van der Waals surface area contributed by atoms with E-state index in [4.69, 9.17) is 14.2 Å². The van der Waals surface area contributed by atoms with Crippen LogP contribution < -0.4 is 20.1 Å². The Labute approximate surface area is 178 Å². The molecule has 8 heteroatoms. The predicted molar refractivity (Wildman–Crippen MR) is 118 cm³/mol. The molecule has 2 aliphatic heterocycles. The number of benzene rings is 1. The zero-order valence-electron chi connectivity index (χ0n) is 16.0. The maximum absolute atomic E-state index is 5.43. The molecule has 0 amide bonds. The summed E-state index contributed by atoms with van der Waals surface area (Å²) in [5, 5.41) is 6.72. The zero-order chi connectivity index (χ0) is 18.0. The summed E-state index contributed by atoms with van der Waals surface area (Å²) in [4.78, 5) is 7.12. The van der Waals surface area contributed by atoms with Gasteiger partial charge in [-0.05, 0) is 37.5 Å². The van der Waals surface area contributed by atoms with Crippen molar-refractivity contribution in [2.75, 3.05) is 59.3 Å². The van der Waals surface area contributed by atoms with Crippen LogP contribution in [0.4, 0.5) is 0 Å². The highest BCUT2D eigenvalue weighted by Gasteiger charge is 2.13. The molecule has 3 rings (SSSR count). The summed E-state index contributed by atoms with van der Waals surface area (Å²) in [6.07, 6.45) is 1.98. The van der Waals surface area contributed by atoms with Crippen molar-refractivity contribution in [3.63, 3.8) is 0 Å². The molecule has 0 atom stereocenters. The smallest absolute Gasteiger partial charge is 0.231 e. The minimum absolute atomic E-state index is 0. The van der Waals surface area contributed by atoms with Crippen molar-refractivity contribution in [1.29, 1.82) is 0 Å². The van der Waals surface area contributed by atoms with Gasteiger partial charge in [-0.2, -0.15) is 0 Å². The van der Waals surface area contributed by atoms with Crippen LogP contribution >= 0.6 is 24.0 Å². The van der Waals surface area contributed by atoms with Gasteiger partial charge in [0, 0.05) is 39.3 Å². The fraction of sp³-hybridized carbons (Fsp3) is 0.632. The molecule has 2 N–H and O–H groups in total. The highest BCUT2D eigenvalue weighted by atomic mass is 127. The number of hydrogen-bond acceptors (Lipinski definition) is 5. The number of guanidine groups is 1. The lowest BCUT2D eigenvalue weighted by atomic mass is 10.1. The normalized spacial score (nSPS) is 16.7. The van der Waals surface area contributed by atoms with Crippen molar-refractivity contribution in [3.8, 4) is 11.5 Å². The maximum Gasteiger partial charge on any atom is 0.231 e. The van der Waals surface area contributed by atoms with E-state index in [0.29, 0.717) is 6.79 Å². The molecule has 1 aromatic rings. The second-order valence-electron chi connectivity index (χ2n) is 6.43. The highest BCUT2D eigenvalue weighted by Crippen LogP contribution is 2.32. The van der Waals surface area contributed by atoms with E-state index in [0.717, 1.165) is 82.8 Å². The summed E-state index contributed by atoms with van der Waals surface area (Å²) in [5.74, 6) is 2.55. The van der Waals surface area contributed by atoms with E-state index >= 15 is 0 Å². The van der Waals surface area contributed by atoms with Crippen LogP contribution in [0.15, 0.2) is 23.2 Å². The van der Waals surface area contributed by atoms with E-state index in [1.807, 2.05) is 6.07 Å². The summed E-state index contributed by atoms with van der Waals surface area (Å²) in [6.45, 7) is 9.80. The summed E-state index contributed by atoms with van der Waals surface area (Å²) in [7, 11) is 0. The van der Waals surface area contributed by atoms with Gasteiger partial charge in [-0.3, -0.25) is 9.89 Å². The zero-order valence-corrected chi connectivity index (χ0v) is 18.4. The third-order valence-corrected chi connectivity index (χ3v) is 4.49. The SMILES string of the molecule is CCNC(=NCCCN1CCOCC1)NCCc1ccc2c(c1)OCO2.I. The fourth-order valence-corrected chi connectivity index (χ4v) is 3.07. The van der Waals surface area contributed by atoms with Crippen LogP contribution in [0.2, 0.25) is 0 Å². The molecule has 0 bridgehead atoms. The predicted octanol–water partition coefficient (Wildman–Crippen LogP) is 1.85. The number of nitrogens with zero attached hydrogens (tertiary/aromatic N) is 2. The number of aliphatic imine (C=N–C) groups is 1. The molecule has 27 heavy (non-hydrogen) atoms. The second-order valence-corrected chi connectivity index (χ2v) is 6.43. The lowest BCUT2D eigenvalue weighted by Gasteiger charge is -2.26. The van der Waals surface area contributed by atoms with Crippen LogP contribution in [0.1, 0.15) is 18.9 Å². The molecule has 2 aliphatic rings. The topological polar surface area (TPSA) is 67.4 Å². The molecule has 1 fully saturated rings. The molecule has 0 aliphatic carbocycles. The van der Waals surface area contributed by atoms with Crippen LogP contribution in [-0.4, -0.2) is 70.1 Å². The monoisotopic (exact) mass is 490 g/mol. The van der Waals surface area contributed by atoms with Crippen molar-refractivity contribution in [1.82, 2.24) is 15.5 Å². The molecule has 2 heterocycles. The highest BCUT2D eigenvalue weighted by molar-refractivity contribution is 14.0. The number of morpholine rings is 1. The van der Waals surface area contributed by atoms with E-state index in [2.05, 4.69) is 39.6 Å². The Bertz CT molecular complexity index is 594. The van der Waals surface area contributed by atoms with E-state index < -0.39 is 0 Å². The van der Waals surface area contributed by atoms with Gasteiger partial charge < -0.3 is 24.8 Å². The molecule has 0 saturated carbocycles. The molecular formula is C19H31IN4O3.